The Labute approximate surface area is 120 Å². The van der Waals surface area contributed by atoms with Crippen molar-refractivity contribution in [2.45, 2.75) is 18.8 Å². The van der Waals surface area contributed by atoms with Gasteiger partial charge in [-0.3, -0.25) is 0 Å². The van der Waals surface area contributed by atoms with Crippen LogP contribution in [0.3, 0.4) is 0 Å². The van der Waals surface area contributed by atoms with Crippen LogP contribution in [0.2, 0.25) is 5.15 Å². The maximum absolute atomic E-state index is 6.00. The number of hydrogen-bond acceptors (Lipinski definition) is 3. The van der Waals surface area contributed by atoms with Gasteiger partial charge in [0.1, 0.15) is 5.15 Å². The van der Waals surface area contributed by atoms with Crippen LogP contribution in [0.15, 0.2) is 25.7 Å². The molecule has 0 radical (unpaired) electrons. The van der Waals surface area contributed by atoms with E-state index in [0.29, 0.717) is 27.3 Å². The molecule has 6 heteroatoms. The first-order valence-electron chi connectivity index (χ1n) is 5.13. The first-order valence-corrected chi connectivity index (χ1v) is 7.09. The van der Waals surface area contributed by atoms with Crippen LogP contribution >= 0.6 is 43.5 Å². The molecule has 3 rings (SSSR count). The van der Waals surface area contributed by atoms with E-state index in [4.69, 9.17) is 16.0 Å². The molecule has 1 aliphatic rings. The minimum Gasteiger partial charge on any atom is -0.445 e. The summed E-state index contributed by atoms with van der Waals surface area (Å²) < 4.78 is 6.96. The fourth-order valence-electron chi connectivity index (χ4n) is 1.59. The summed E-state index contributed by atoms with van der Waals surface area (Å²) in [4.78, 5) is 8.68. The average molecular weight is 378 g/mol. The van der Waals surface area contributed by atoms with Gasteiger partial charge in [-0.25, -0.2) is 9.97 Å². The van der Waals surface area contributed by atoms with Gasteiger partial charge in [0.15, 0.2) is 16.3 Å². The van der Waals surface area contributed by atoms with Crippen LogP contribution in [0.25, 0.3) is 11.6 Å². The van der Waals surface area contributed by atoms with Crippen molar-refractivity contribution < 1.29 is 4.42 Å². The molecule has 2 heterocycles. The first kappa shape index (κ1) is 11.7. The van der Waals surface area contributed by atoms with Crippen molar-refractivity contribution in [3.8, 4) is 11.6 Å². The Kier molecular flexibility index (Phi) is 3.00. The van der Waals surface area contributed by atoms with E-state index in [1.807, 2.05) is 12.1 Å². The molecule has 0 aromatic carbocycles. The molecule has 3 nitrogen and oxygen atoms in total. The van der Waals surface area contributed by atoms with Crippen LogP contribution in [0.5, 0.6) is 0 Å². The number of nitrogens with zero attached hydrogens (tertiary/aromatic N) is 2. The highest BCUT2D eigenvalue weighted by Crippen LogP contribution is 2.40. The number of aromatic nitrogens is 2. The second kappa shape index (κ2) is 4.37. The van der Waals surface area contributed by atoms with Gasteiger partial charge in [-0.1, -0.05) is 11.6 Å². The van der Waals surface area contributed by atoms with Crippen molar-refractivity contribution in [2.24, 2.45) is 0 Å². The Morgan fingerprint density at radius 1 is 1.24 bits per heavy atom. The summed E-state index contributed by atoms with van der Waals surface area (Å²) in [6.45, 7) is 0. The minimum atomic E-state index is 0.459. The van der Waals surface area contributed by atoms with Gasteiger partial charge < -0.3 is 4.42 Å². The largest absolute Gasteiger partial charge is 0.445 e. The first-order chi connectivity index (χ1) is 8.13. The van der Waals surface area contributed by atoms with Crippen LogP contribution in [0.4, 0.5) is 0 Å². The second-order valence-corrected chi connectivity index (χ2v) is 5.91. The van der Waals surface area contributed by atoms with Crippen LogP contribution in [0, 0.1) is 0 Å². The third-order valence-electron chi connectivity index (χ3n) is 2.58. The zero-order chi connectivity index (χ0) is 12.0. The SMILES string of the molecule is Clc1cc(C2CC2)nc(-c2cc(Br)c(Br)o2)n1. The molecule has 2 aromatic heterocycles. The molecule has 88 valence electrons. The Balaban J connectivity index is 2.07. The van der Waals surface area contributed by atoms with Gasteiger partial charge >= 0.3 is 0 Å². The van der Waals surface area contributed by atoms with E-state index in [0.717, 1.165) is 10.2 Å². The number of hydrogen-bond donors (Lipinski definition) is 0. The van der Waals surface area contributed by atoms with Gasteiger partial charge in [-0.15, -0.1) is 0 Å². The predicted octanol–water partition coefficient (Wildman–Crippen LogP) is 4.79. The molecule has 17 heavy (non-hydrogen) atoms. The van der Waals surface area contributed by atoms with Crippen LogP contribution < -0.4 is 0 Å². The van der Waals surface area contributed by atoms with Crippen molar-refractivity contribution in [2.75, 3.05) is 0 Å². The minimum absolute atomic E-state index is 0.459. The Bertz CT molecular complexity index is 561. The normalized spacial score (nSPS) is 15.2. The Hall–Kier alpha value is -0.390. The average Bonchev–Trinajstić information content (AvgIpc) is 3.06. The summed E-state index contributed by atoms with van der Waals surface area (Å²) in [7, 11) is 0. The zero-order valence-corrected chi connectivity index (χ0v) is 12.5. The maximum Gasteiger partial charge on any atom is 0.197 e. The van der Waals surface area contributed by atoms with E-state index >= 15 is 0 Å². The van der Waals surface area contributed by atoms with E-state index in [2.05, 4.69) is 41.8 Å². The van der Waals surface area contributed by atoms with Gasteiger partial charge in [-0.2, -0.15) is 0 Å². The summed E-state index contributed by atoms with van der Waals surface area (Å²) in [6.07, 6.45) is 2.36. The summed E-state index contributed by atoms with van der Waals surface area (Å²) >= 11 is 12.7. The van der Waals surface area contributed by atoms with Gasteiger partial charge in [0.25, 0.3) is 0 Å². The van der Waals surface area contributed by atoms with E-state index in [1.54, 1.807) is 0 Å². The van der Waals surface area contributed by atoms with Crippen molar-refractivity contribution in [3.63, 3.8) is 0 Å². The van der Waals surface area contributed by atoms with Crippen LogP contribution in [0.1, 0.15) is 24.5 Å². The smallest absolute Gasteiger partial charge is 0.197 e. The van der Waals surface area contributed by atoms with Gasteiger partial charge in [-0.05, 0) is 50.8 Å². The quantitative estimate of drug-likeness (QED) is 0.705. The molecule has 0 unspecified atom stereocenters. The highest BCUT2D eigenvalue weighted by molar-refractivity contribution is 9.13. The van der Waals surface area contributed by atoms with Gasteiger partial charge in [0, 0.05) is 17.7 Å². The van der Waals surface area contributed by atoms with E-state index < -0.39 is 0 Å². The molecule has 1 aliphatic carbocycles. The lowest BCUT2D eigenvalue weighted by Gasteiger charge is -2.01. The number of furan rings is 1. The van der Waals surface area contributed by atoms with Gasteiger partial charge in [0.2, 0.25) is 0 Å². The Morgan fingerprint density at radius 2 is 2.00 bits per heavy atom. The highest BCUT2D eigenvalue weighted by atomic mass is 79.9. The highest BCUT2D eigenvalue weighted by Gasteiger charge is 2.26. The summed E-state index contributed by atoms with van der Waals surface area (Å²) in [5.74, 6) is 1.68. The van der Waals surface area contributed by atoms with Crippen molar-refractivity contribution in [1.82, 2.24) is 9.97 Å². The molecule has 0 N–H and O–H groups in total. The van der Waals surface area contributed by atoms with Gasteiger partial charge in [0.05, 0.1) is 4.47 Å². The predicted molar refractivity (Wildman–Crippen MR) is 72.1 cm³/mol. The second-order valence-electron chi connectivity index (χ2n) is 3.95. The van der Waals surface area contributed by atoms with Crippen LogP contribution in [-0.4, -0.2) is 9.97 Å². The molecule has 1 fully saturated rings. The fourth-order valence-corrected chi connectivity index (χ4v) is 2.36. The molecule has 0 saturated heterocycles. The standard InChI is InChI=1S/C11H7Br2ClN2O/c12-6-3-8(17-10(6)13)11-15-7(5-1-2-5)4-9(14)16-11/h3-5H,1-2H2. The van der Waals surface area contributed by atoms with Crippen molar-refractivity contribution in [3.05, 3.63) is 32.1 Å². The molecule has 0 aliphatic heterocycles. The van der Waals surface area contributed by atoms with Crippen molar-refractivity contribution in [1.29, 1.82) is 0 Å². The number of halogens is 3. The molecule has 2 aromatic rings. The van der Waals surface area contributed by atoms with E-state index in [9.17, 15) is 0 Å². The number of rotatable bonds is 2. The lowest BCUT2D eigenvalue weighted by Crippen LogP contribution is -1.93. The molecule has 0 spiro atoms. The zero-order valence-electron chi connectivity index (χ0n) is 8.58. The molecule has 0 amide bonds. The Morgan fingerprint density at radius 3 is 2.59 bits per heavy atom. The molecular weight excluding hydrogens is 371 g/mol. The fraction of sp³-hybridized carbons (Fsp3) is 0.273. The van der Waals surface area contributed by atoms with E-state index in [-0.39, 0.29) is 0 Å². The third-order valence-corrected chi connectivity index (χ3v) is 4.48. The molecule has 1 saturated carbocycles. The van der Waals surface area contributed by atoms with E-state index in [1.165, 1.54) is 12.8 Å². The third kappa shape index (κ3) is 2.41. The lowest BCUT2D eigenvalue weighted by atomic mass is 10.3. The monoisotopic (exact) mass is 376 g/mol. The maximum atomic E-state index is 6.00. The molecule has 0 atom stereocenters. The van der Waals surface area contributed by atoms with Crippen LogP contribution in [-0.2, 0) is 0 Å². The molecular formula is C11H7Br2ClN2O. The summed E-state index contributed by atoms with van der Waals surface area (Å²) in [5.41, 5.74) is 1.00. The molecule has 0 bridgehead atoms. The summed E-state index contributed by atoms with van der Waals surface area (Å²) in [6, 6.07) is 3.65. The van der Waals surface area contributed by atoms with Crippen molar-refractivity contribution >= 4 is 43.5 Å². The summed E-state index contributed by atoms with van der Waals surface area (Å²) in [5, 5.41) is 0.459. The topological polar surface area (TPSA) is 38.9 Å². The lowest BCUT2D eigenvalue weighted by molar-refractivity contribution is 0.549.